The summed E-state index contributed by atoms with van der Waals surface area (Å²) in [7, 11) is 0. The third-order valence-corrected chi connectivity index (χ3v) is 4.41. The summed E-state index contributed by atoms with van der Waals surface area (Å²) in [6.07, 6.45) is 2.42. The van der Waals surface area contributed by atoms with E-state index >= 15 is 0 Å². The number of hydrogen-bond acceptors (Lipinski definition) is 6. The summed E-state index contributed by atoms with van der Waals surface area (Å²) >= 11 is 0. The van der Waals surface area contributed by atoms with Crippen molar-refractivity contribution in [1.82, 2.24) is 4.98 Å². The number of rotatable bonds is 3. The van der Waals surface area contributed by atoms with E-state index in [2.05, 4.69) is 4.98 Å². The Hall–Kier alpha value is -2.22. The van der Waals surface area contributed by atoms with Crippen LogP contribution in [0.25, 0.3) is 0 Å². The SMILES string of the molecule is O=C(O)c1cc([N+](=O)[O-])cnc1N1CC2CCC(O)C2C1. The lowest BCUT2D eigenvalue weighted by Gasteiger charge is -2.20. The van der Waals surface area contributed by atoms with E-state index in [0.717, 1.165) is 25.1 Å². The zero-order chi connectivity index (χ0) is 15.1. The van der Waals surface area contributed by atoms with Gasteiger partial charge in [-0.3, -0.25) is 10.1 Å². The van der Waals surface area contributed by atoms with Crippen molar-refractivity contribution in [2.45, 2.75) is 18.9 Å². The van der Waals surface area contributed by atoms with Gasteiger partial charge in [-0.2, -0.15) is 0 Å². The average Bonchev–Trinajstić information content (AvgIpc) is 3.00. The molecule has 8 heteroatoms. The molecule has 2 aliphatic rings. The first-order valence-electron chi connectivity index (χ1n) is 6.78. The van der Waals surface area contributed by atoms with E-state index in [4.69, 9.17) is 0 Å². The number of aliphatic hydroxyl groups is 1. The van der Waals surface area contributed by atoms with Gasteiger partial charge in [0.15, 0.2) is 0 Å². The minimum atomic E-state index is -1.24. The molecule has 1 aliphatic heterocycles. The normalized spacial score (nSPS) is 27.7. The second-order valence-electron chi connectivity index (χ2n) is 5.60. The van der Waals surface area contributed by atoms with Crippen LogP contribution in [-0.2, 0) is 0 Å². The van der Waals surface area contributed by atoms with Crippen molar-refractivity contribution < 1.29 is 19.9 Å². The Bertz CT molecular complexity index is 605. The molecule has 0 spiro atoms. The fourth-order valence-electron chi connectivity index (χ4n) is 3.37. The molecule has 1 aromatic rings. The van der Waals surface area contributed by atoms with Gasteiger partial charge in [-0.1, -0.05) is 0 Å². The van der Waals surface area contributed by atoms with Crippen LogP contribution in [0.4, 0.5) is 11.5 Å². The van der Waals surface area contributed by atoms with Gasteiger partial charge >= 0.3 is 5.97 Å². The Labute approximate surface area is 120 Å². The first-order chi connectivity index (χ1) is 9.97. The van der Waals surface area contributed by atoms with Crippen LogP contribution in [-0.4, -0.2) is 45.3 Å². The Morgan fingerprint density at radius 3 is 2.81 bits per heavy atom. The average molecular weight is 293 g/mol. The highest BCUT2D eigenvalue weighted by Gasteiger charge is 2.43. The van der Waals surface area contributed by atoms with Gasteiger partial charge in [0, 0.05) is 25.1 Å². The molecule has 2 heterocycles. The Morgan fingerprint density at radius 1 is 1.43 bits per heavy atom. The molecule has 112 valence electrons. The van der Waals surface area contributed by atoms with Gasteiger partial charge in [0.05, 0.1) is 11.0 Å². The van der Waals surface area contributed by atoms with E-state index < -0.39 is 10.9 Å². The molecule has 3 atom stereocenters. The van der Waals surface area contributed by atoms with E-state index in [0.29, 0.717) is 19.0 Å². The van der Waals surface area contributed by atoms with Gasteiger partial charge in [-0.15, -0.1) is 0 Å². The number of anilines is 1. The van der Waals surface area contributed by atoms with Crippen molar-refractivity contribution >= 4 is 17.5 Å². The molecule has 2 N–H and O–H groups in total. The number of carboxylic acids is 1. The van der Waals surface area contributed by atoms with Crippen molar-refractivity contribution in [2.24, 2.45) is 11.8 Å². The third-order valence-electron chi connectivity index (χ3n) is 4.41. The van der Waals surface area contributed by atoms with Crippen LogP contribution in [0.5, 0.6) is 0 Å². The number of fused-ring (bicyclic) bond motifs is 1. The molecule has 3 rings (SSSR count). The smallest absolute Gasteiger partial charge is 0.339 e. The van der Waals surface area contributed by atoms with Crippen LogP contribution >= 0.6 is 0 Å². The third kappa shape index (κ3) is 2.31. The summed E-state index contributed by atoms with van der Waals surface area (Å²) in [6.45, 7) is 1.17. The molecule has 2 fully saturated rings. The fraction of sp³-hybridized carbons (Fsp3) is 0.538. The van der Waals surface area contributed by atoms with Crippen molar-refractivity contribution in [3.63, 3.8) is 0 Å². The molecule has 0 amide bonds. The van der Waals surface area contributed by atoms with Gasteiger partial charge < -0.3 is 15.1 Å². The molecule has 1 saturated heterocycles. The summed E-state index contributed by atoms with van der Waals surface area (Å²) in [5, 5.41) is 29.9. The monoisotopic (exact) mass is 293 g/mol. The minimum Gasteiger partial charge on any atom is -0.478 e. The van der Waals surface area contributed by atoms with Crippen LogP contribution in [0, 0.1) is 22.0 Å². The van der Waals surface area contributed by atoms with Crippen LogP contribution in [0.2, 0.25) is 0 Å². The lowest BCUT2D eigenvalue weighted by molar-refractivity contribution is -0.385. The quantitative estimate of drug-likeness (QED) is 0.628. The van der Waals surface area contributed by atoms with Gasteiger partial charge in [0.1, 0.15) is 17.6 Å². The number of aliphatic hydroxyl groups excluding tert-OH is 1. The summed E-state index contributed by atoms with van der Waals surface area (Å²) in [4.78, 5) is 27.2. The number of nitrogens with zero attached hydrogens (tertiary/aromatic N) is 3. The number of carbonyl (C=O) groups is 1. The minimum absolute atomic E-state index is 0.128. The second kappa shape index (κ2) is 4.96. The lowest BCUT2D eigenvalue weighted by Crippen LogP contribution is -2.27. The van der Waals surface area contributed by atoms with Gasteiger partial charge in [-0.25, -0.2) is 9.78 Å². The van der Waals surface area contributed by atoms with Crippen LogP contribution in [0.15, 0.2) is 12.3 Å². The zero-order valence-electron chi connectivity index (χ0n) is 11.2. The molecule has 0 bridgehead atoms. The first kappa shape index (κ1) is 13.7. The van der Waals surface area contributed by atoms with Crippen molar-refractivity contribution in [1.29, 1.82) is 0 Å². The largest absolute Gasteiger partial charge is 0.478 e. The Kier molecular flexibility index (Phi) is 3.25. The number of pyridine rings is 1. The van der Waals surface area contributed by atoms with Gasteiger partial charge in [0.2, 0.25) is 0 Å². The van der Waals surface area contributed by atoms with Crippen LogP contribution in [0.3, 0.4) is 0 Å². The topological polar surface area (TPSA) is 117 Å². The van der Waals surface area contributed by atoms with Crippen LogP contribution in [0.1, 0.15) is 23.2 Å². The molecule has 8 nitrogen and oxygen atoms in total. The lowest BCUT2D eigenvalue weighted by atomic mass is 10.00. The molecule has 1 aliphatic carbocycles. The number of nitro groups is 1. The molecule has 1 saturated carbocycles. The molecule has 0 radical (unpaired) electrons. The predicted octanol–water partition coefficient (Wildman–Crippen LogP) is 0.895. The Balaban J connectivity index is 1.92. The van der Waals surface area contributed by atoms with Gasteiger partial charge in [-0.05, 0) is 18.8 Å². The molecule has 3 unspecified atom stereocenters. The number of aromatic carboxylic acids is 1. The fourth-order valence-corrected chi connectivity index (χ4v) is 3.37. The van der Waals surface area contributed by atoms with Crippen molar-refractivity contribution in [3.05, 3.63) is 27.9 Å². The first-order valence-corrected chi connectivity index (χ1v) is 6.78. The van der Waals surface area contributed by atoms with Crippen molar-refractivity contribution in [2.75, 3.05) is 18.0 Å². The second-order valence-corrected chi connectivity index (χ2v) is 5.60. The summed E-state index contributed by atoms with van der Waals surface area (Å²) in [5.41, 5.74) is -0.505. The zero-order valence-corrected chi connectivity index (χ0v) is 11.2. The van der Waals surface area contributed by atoms with E-state index in [1.165, 1.54) is 0 Å². The molecular weight excluding hydrogens is 278 g/mol. The Morgan fingerprint density at radius 2 is 2.19 bits per heavy atom. The maximum Gasteiger partial charge on any atom is 0.339 e. The maximum atomic E-state index is 11.3. The highest BCUT2D eigenvalue weighted by atomic mass is 16.6. The number of hydrogen-bond donors (Lipinski definition) is 2. The number of aromatic nitrogens is 1. The summed E-state index contributed by atoms with van der Waals surface area (Å²) in [5.74, 6) is -0.532. The van der Waals surface area contributed by atoms with Crippen LogP contribution < -0.4 is 4.90 Å². The molecule has 1 aromatic heterocycles. The molecular formula is C13H15N3O5. The predicted molar refractivity (Wildman–Crippen MR) is 72.3 cm³/mol. The highest BCUT2D eigenvalue weighted by molar-refractivity contribution is 5.94. The molecule has 0 aromatic carbocycles. The summed E-state index contributed by atoms with van der Waals surface area (Å²) in [6, 6.07) is 1.04. The number of carboxylic acid groups (broad SMARTS) is 1. The highest BCUT2D eigenvalue weighted by Crippen LogP contribution is 2.40. The van der Waals surface area contributed by atoms with Gasteiger partial charge in [0.25, 0.3) is 5.69 Å². The van der Waals surface area contributed by atoms with E-state index in [-0.39, 0.29) is 29.1 Å². The van der Waals surface area contributed by atoms with Crippen molar-refractivity contribution in [3.8, 4) is 0 Å². The maximum absolute atomic E-state index is 11.3. The molecule has 21 heavy (non-hydrogen) atoms. The van der Waals surface area contributed by atoms with E-state index in [1.54, 1.807) is 0 Å². The summed E-state index contributed by atoms with van der Waals surface area (Å²) < 4.78 is 0. The standard InChI is InChI=1S/C13H15N3O5/c17-11-2-1-7-5-15(6-10(7)11)12-9(13(18)19)3-8(4-14-12)16(20)21/h3-4,7,10-11,17H,1-2,5-6H2,(H,18,19). The van der Waals surface area contributed by atoms with E-state index in [1.807, 2.05) is 4.90 Å². The van der Waals surface area contributed by atoms with E-state index in [9.17, 15) is 25.1 Å².